The maximum absolute atomic E-state index is 11.6. The Labute approximate surface area is 120 Å². The maximum atomic E-state index is 11.6. The number of hydrogen-bond donors (Lipinski definition) is 2. The Balaban J connectivity index is 2.21. The summed E-state index contributed by atoms with van der Waals surface area (Å²) in [6.45, 7) is 0.0223. The smallest absolute Gasteiger partial charge is 0.310 e. The number of hydrazine groups is 1. The van der Waals surface area contributed by atoms with Gasteiger partial charge in [0.05, 0.1) is 4.92 Å². The van der Waals surface area contributed by atoms with Crippen LogP contribution in [0.2, 0.25) is 0 Å². The minimum Gasteiger partial charge on any atom is -0.482 e. The molecule has 2 rings (SSSR count). The molecule has 0 spiro atoms. The van der Waals surface area contributed by atoms with E-state index in [2.05, 4.69) is 0 Å². The number of nitro benzene ring substituents is 1. The van der Waals surface area contributed by atoms with Gasteiger partial charge in [0, 0.05) is 17.2 Å². The van der Waals surface area contributed by atoms with E-state index in [1.165, 1.54) is 12.1 Å². The standard InChI is InChI=1S/C14H13N3O4/c15-16-14(18)11-6-2-1-5-10(11)9-21-13-8-4-3-7-12(13)17(19)20/h1-8H,9,15H2,(H,16,18). The molecule has 108 valence electrons. The van der Waals surface area contributed by atoms with Crippen LogP contribution in [0.5, 0.6) is 5.75 Å². The van der Waals surface area contributed by atoms with Crippen molar-refractivity contribution in [1.29, 1.82) is 0 Å². The number of amides is 1. The van der Waals surface area contributed by atoms with E-state index in [0.717, 1.165) is 0 Å². The van der Waals surface area contributed by atoms with Crippen molar-refractivity contribution in [1.82, 2.24) is 5.43 Å². The lowest BCUT2D eigenvalue weighted by atomic mass is 10.1. The zero-order valence-corrected chi connectivity index (χ0v) is 11.0. The van der Waals surface area contributed by atoms with Crippen molar-refractivity contribution >= 4 is 11.6 Å². The highest BCUT2D eigenvalue weighted by Crippen LogP contribution is 2.27. The number of nitrogens with one attached hydrogen (secondary N) is 1. The molecule has 0 fully saturated rings. The zero-order valence-electron chi connectivity index (χ0n) is 11.0. The van der Waals surface area contributed by atoms with Crippen LogP contribution < -0.4 is 16.0 Å². The molecule has 3 N–H and O–H groups in total. The third-order valence-corrected chi connectivity index (χ3v) is 2.84. The molecule has 0 saturated carbocycles. The summed E-state index contributed by atoms with van der Waals surface area (Å²) in [4.78, 5) is 22.0. The molecule has 21 heavy (non-hydrogen) atoms. The molecule has 0 saturated heterocycles. The third kappa shape index (κ3) is 3.34. The average Bonchev–Trinajstić information content (AvgIpc) is 2.52. The summed E-state index contributed by atoms with van der Waals surface area (Å²) in [6, 6.07) is 12.8. The number of nitro groups is 1. The lowest BCUT2D eigenvalue weighted by molar-refractivity contribution is -0.385. The monoisotopic (exact) mass is 287 g/mol. The molecule has 0 aliphatic rings. The summed E-state index contributed by atoms with van der Waals surface area (Å²) >= 11 is 0. The average molecular weight is 287 g/mol. The molecule has 2 aromatic carbocycles. The predicted molar refractivity (Wildman–Crippen MR) is 75.5 cm³/mol. The summed E-state index contributed by atoms with van der Waals surface area (Å²) < 4.78 is 5.46. The molecule has 0 aliphatic heterocycles. The van der Waals surface area contributed by atoms with E-state index >= 15 is 0 Å². The summed E-state index contributed by atoms with van der Waals surface area (Å²) in [7, 11) is 0. The largest absolute Gasteiger partial charge is 0.482 e. The van der Waals surface area contributed by atoms with Gasteiger partial charge in [0.1, 0.15) is 6.61 Å². The lowest BCUT2D eigenvalue weighted by Crippen LogP contribution is -2.30. The Bertz CT molecular complexity index is 673. The molecule has 1 amide bonds. The summed E-state index contributed by atoms with van der Waals surface area (Å²) in [5.74, 6) is 4.81. The first-order valence-corrected chi connectivity index (χ1v) is 6.08. The fourth-order valence-electron chi connectivity index (χ4n) is 1.83. The molecule has 0 unspecified atom stereocenters. The molecule has 0 radical (unpaired) electrons. The van der Waals surface area contributed by atoms with E-state index in [4.69, 9.17) is 10.6 Å². The van der Waals surface area contributed by atoms with Crippen LogP contribution in [-0.4, -0.2) is 10.8 Å². The SMILES string of the molecule is NNC(=O)c1ccccc1COc1ccccc1[N+](=O)[O-]. The van der Waals surface area contributed by atoms with Crippen molar-refractivity contribution in [2.45, 2.75) is 6.61 Å². The van der Waals surface area contributed by atoms with Crippen molar-refractivity contribution in [2.24, 2.45) is 5.84 Å². The van der Waals surface area contributed by atoms with Crippen LogP contribution in [0.4, 0.5) is 5.69 Å². The molecular weight excluding hydrogens is 274 g/mol. The van der Waals surface area contributed by atoms with Crippen molar-refractivity contribution < 1.29 is 14.5 Å². The number of carbonyl (C=O) groups is 1. The maximum Gasteiger partial charge on any atom is 0.310 e. The number of rotatable bonds is 5. The van der Waals surface area contributed by atoms with E-state index in [1.807, 2.05) is 5.43 Å². The fourth-order valence-corrected chi connectivity index (χ4v) is 1.83. The quantitative estimate of drug-likeness (QED) is 0.377. The van der Waals surface area contributed by atoms with Gasteiger partial charge in [-0.2, -0.15) is 0 Å². The minimum atomic E-state index is -0.520. The van der Waals surface area contributed by atoms with Gasteiger partial charge in [-0.15, -0.1) is 0 Å². The highest BCUT2D eigenvalue weighted by Gasteiger charge is 2.15. The van der Waals surface area contributed by atoms with E-state index in [0.29, 0.717) is 11.1 Å². The van der Waals surface area contributed by atoms with Crippen LogP contribution >= 0.6 is 0 Å². The Morgan fingerprint density at radius 1 is 1.19 bits per heavy atom. The number of nitrogens with two attached hydrogens (primary N) is 1. The number of carbonyl (C=O) groups excluding carboxylic acids is 1. The van der Waals surface area contributed by atoms with Gasteiger partial charge < -0.3 is 4.74 Å². The Kier molecular flexibility index (Phi) is 4.47. The summed E-state index contributed by atoms with van der Waals surface area (Å²) in [5, 5.41) is 10.9. The number of ether oxygens (including phenoxy) is 1. The van der Waals surface area contributed by atoms with E-state index in [-0.39, 0.29) is 18.0 Å². The van der Waals surface area contributed by atoms with Gasteiger partial charge in [0.25, 0.3) is 5.91 Å². The Morgan fingerprint density at radius 2 is 1.86 bits per heavy atom. The van der Waals surface area contributed by atoms with Crippen molar-refractivity contribution in [3.05, 3.63) is 69.8 Å². The number of hydrogen-bond acceptors (Lipinski definition) is 5. The lowest BCUT2D eigenvalue weighted by Gasteiger charge is -2.10. The first kappa shape index (κ1) is 14.5. The molecule has 7 nitrogen and oxygen atoms in total. The second-order valence-electron chi connectivity index (χ2n) is 4.14. The topological polar surface area (TPSA) is 107 Å². The number of nitrogen functional groups attached to an aromatic ring is 1. The zero-order chi connectivity index (χ0) is 15.2. The van der Waals surface area contributed by atoms with Gasteiger partial charge in [-0.05, 0) is 12.1 Å². The molecule has 0 atom stereocenters. The van der Waals surface area contributed by atoms with Gasteiger partial charge in [-0.25, -0.2) is 5.84 Å². The van der Waals surface area contributed by atoms with Gasteiger partial charge >= 0.3 is 5.69 Å². The molecule has 0 bridgehead atoms. The van der Waals surface area contributed by atoms with Crippen LogP contribution in [0.25, 0.3) is 0 Å². The van der Waals surface area contributed by atoms with E-state index < -0.39 is 10.8 Å². The van der Waals surface area contributed by atoms with E-state index in [9.17, 15) is 14.9 Å². The van der Waals surface area contributed by atoms with Crippen LogP contribution in [0.15, 0.2) is 48.5 Å². The Morgan fingerprint density at radius 3 is 2.57 bits per heavy atom. The first-order valence-electron chi connectivity index (χ1n) is 6.08. The van der Waals surface area contributed by atoms with Crippen molar-refractivity contribution in [3.8, 4) is 5.75 Å². The summed E-state index contributed by atoms with van der Waals surface area (Å²) in [5.41, 5.74) is 2.86. The normalized spacial score (nSPS) is 9.95. The highest BCUT2D eigenvalue weighted by molar-refractivity contribution is 5.95. The summed E-state index contributed by atoms with van der Waals surface area (Å²) in [6.07, 6.45) is 0. The highest BCUT2D eigenvalue weighted by atomic mass is 16.6. The van der Waals surface area contributed by atoms with Gasteiger partial charge in [-0.1, -0.05) is 30.3 Å². The molecule has 0 aromatic heterocycles. The van der Waals surface area contributed by atoms with Crippen molar-refractivity contribution in [2.75, 3.05) is 0 Å². The minimum absolute atomic E-state index is 0.0223. The molecule has 2 aromatic rings. The second-order valence-corrected chi connectivity index (χ2v) is 4.14. The van der Waals surface area contributed by atoms with Crippen LogP contribution in [0.1, 0.15) is 15.9 Å². The number of benzene rings is 2. The Hall–Kier alpha value is -2.93. The number of nitrogens with zero attached hydrogens (tertiary/aromatic N) is 1. The van der Waals surface area contributed by atoms with Crippen LogP contribution in [0, 0.1) is 10.1 Å². The van der Waals surface area contributed by atoms with Crippen LogP contribution in [-0.2, 0) is 6.61 Å². The molecular formula is C14H13N3O4. The van der Waals surface area contributed by atoms with Gasteiger partial charge in [-0.3, -0.25) is 20.3 Å². The predicted octanol–water partition coefficient (Wildman–Crippen LogP) is 1.78. The molecule has 0 heterocycles. The third-order valence-electron chi connectivity index (χ3n) is 2.84. The second kappa shape index (κ2) is 6.49. The number of para-hydroxylation sites is 2. The first-order chi connectivity index (χ1) is 10.1. The molecule has 0 aliphatic carbocycles. The molecule has 7 heteroatoms. The van der Waals surface area contributed by atoms with Gasteiger partial charge in [0.15, 0.2) is 5.75 Å². The van der Waals surface area contributed by atoms with Gasteiger partial charge in [0.2, 0.25) is 0 Å². The van der Waals surface area contributed by atoms with Crippen LogP contribution in [0.3, 0.4) is 0 Å². The van der Waals surface area contributed by atoms with E-state index in [1.54, 1.807) is 36.4 Å². The van der Waals surface area contributed by atoms with Crippen molar-refractivity contribution in [3.63, 3.8) is 0 Å². The fraction of sp³-hybridized carbons (Fsp3) is 0.0714.